The van der Waals surface area contributed by atoms with E-state index in [0.717, 1.165) is 15.9 Å². The van der Waals surface area contributed by atoms with Crippen LogP contribution in [0.15, 0.2) is 53.6 Å². The quantitative estimate of drug-likeness (QED) is 0.425. The number of benzene rings is 2. The summed E-state index contributed by atoms with van der Waals surface area (Å²) in [4.78, 5) is 41.6. The first kappa shape index (κ1) is 20.7. The van der Waals surface area contributed by atoms with Gasteiger partial charge in [0.15, 0.2) is 0 Å². The van der Waals surface area contributed by atoms with Crippen molar-refractivity contribution in [3.63, 3.8) is 0 Å². The molecule has 158 valence electrons. The summed E-state index contributed by atoms with van der Waals surface area (Å²) in [6.07, 6.45) is 1.27. The molecule has 0 amide bonds. The Balaban J connectivity index is 1.58. The van der Waals surface area contributed by atoms with Crippen molar-refractivity contribution in [1.29, 1.82) is 0 Å². The molecule has 2 aromatic carbocycles. The molecule has 31 heavy (non-hydrogen) atoms. The molecule has 0 aliphatic heterocycles. The Hall–Kier alpha value is -3.59. The summed E-state index contributed by atoms with van der Waals surface area (Å²) in [5, 5.41) is 0.598. The number of aromatic nitrogens is 2. The SMILES string of the molecule is CCOC(=O)c1sc2cccc(F)c2c1COC(=O)Cn1cnc2ccccc2c1=O. The highest BCUT2D eigenvalue weighted by Gasteiger charge is 2.23. The summed E-state index contributed by atoms with van der Waals surface area (Å²) in [7, 11) is 0. The van der Waals surface area contributed by atoms with E-state index < -0.39 is 17.8 Å². The van der Waals surface area contributed by atoms with Gasteiger partial charge in [-0.3, -0.25) is 14.2 Å². The number of nitrogens with zero attached hydrogens (tertiary/aromatic N) is 2. The Bertz CT molecular complexity index is 1360. The zero-order chi connectivity index (χ0) is 22.0. The fourth-order valence-electron chi connectivity index (χ4n) is 3.22. The van der Waals surface area contributed by atoms with Crippen molar-refractivity contribution in [3.8, 4) is 0 Å². The molecule has 0 saturated heterocycles. The van der Waals surface area contributed by atoms with Crippen molar-refractivity contribution in [3.05, 3.63) is 75.4 Å². The minimum atomic E-state index is -0.718. The van der Waals surface area contributed by atoms with E-state index in [2.05, 4.69) is 4.98 Å². The van der Waals surface area contributed by atoms with Crippen LogP contribution in [-0.4, -0.2) is 28.1 Å². The average Bonchev–Trinajstić information content (AvgIpc) is 3.15. The van der Waals surface area contributed by atoms with E-state index in [0.29, 0.717) is 15.6 Å². The van der Waals surface area contributed by atoms with E-state index in [1.54, 1.807) is 37.3 Å². The van der Waals surface area contributed by atoms with Gasteiger partial charge in [-0.05, 0) is 31.2 Å². The lowest BCUT2D eigenvalue weighted by Gasteiger charge is -2.09. The molecule has 0 radical (unpaired) electrons. The van der Waals surface area contributed by atoms with Crippen molar-refractivity contribution in [2.75, 3.05) is 6.61 Å². The molecule has 0 bridgehead atoms. The summed E-state index contributed by atoms with van der Waals surface area (Å²) in [6.45, 7) is 1.13. The lowest BCUT2D eigenvalue weighted by atomic mass is 10.1. The molecular formula is C22H17FN2O5S. The van der Waals surface area contributed by atoms with Gasteiger partial charge in [-0.1, -0.05) is 18.2 Å². The lowest BCUT2D eigenvalue weighted by molar-refractivity contribution is -0.145. The topological polar surface area (TPSA) is 87.5 Å². The number of carbonyl (C=O) groups excluding carboxylic acids is 2. The van der Waals surface area contributed by atoms with Crippen molar-refractivity contribution >= 4 is 44.3 Å². The Kier molecular flexibility index (Phi) is 5.77. The molecule has 0 atom stereocenters. The number of thiophene rings is 1. The normalized spacial score (nSPS) is 11.0. The standard InChI is InChI=1S/C22H17FN2O5S/c1-2-29-22(28)20-14(19-15(23)7-5-9-17(19)31-20)11-30-18(26)10-25-12-24-16-8-4-3-6-13(16)21(25)27/h3-9,12H,2,10-11H2,1H3. The molecule has 0 saturated carbocycles. The molecule has 0 aliphatic carbocycles. The maximum atomic E-state index is 14.4. The number of rotatable bonds is 6. The maximum Gasteiger partial charge on any atom is 0.348 e. The largest absolute Gasteiger partial charge is 0.462 e. The molecule has 7 nitrogen and oxygen atoms in total. The predicted octanol–water partition coefficient (Wildman–Crippen LogP) is 3.67. The van der Waals surface area contributed by atoms with Gasteiger partial charge in [0.2, 0.25) is 0 Å². The smallest absolute Gasteiger partial charge is 0.348 e. The first-order valence-electron chi connectivity index (χ1n) is 9.46. The van der Waals surface area contributed by atoms with E-state index in [1.165, 1.54) is 18.5 Å². The monoisotopic (exact) mass is 440 g/mol. The fourth-order valence-corrected chi connectivity index (χ4v) is 4.34. The minimum absolute atomic E-state index is 0.159. The Labute approximate surface area is 179 Å². The fraction of sp³-hybridized carbons (Fsp3) is 0.182. The molecule has 0 aliphatic rings. The van der Waals surface area contributed by atoms with Crippen LogP contribution >= 0.6 is 11.3 Å². The summed E-state index contributed by atoms with van der Waals surface area (Å²) in [6, 6.07) is 11.3. The van der Waals surface area contributed by atoms with Crippen LogP contribution in [0.1, 0.15) is 22.2 Å². The first-order valence-corrected chi connectivity index (χ1v) is 10.3. The highest BCUT2D eigenvalue weighted by molar-refractivity contribution is 7.21. The molecule has 2 aromatic heterocycles. The Morgan fingerprint density at radius 2 is 1.94 bits per heavy atom. The lowest BCUT2D eigenvalue weighted by Crippen LogP contribution is -2.25. The van der Waals surface area contributed by atoms with Crippen molar-refractivity contribution in [2.45, 2.75) is 20.1 Å². The van der Waals surface area contributed by atoms with Gasteiger partial charge in [0.1, 0.15) is 23.8 Å². The number of esters is 2. The zero-order valence-corrected chi connectivity index (χ0v) is 17.3. The number of carbonyl (C=O) groups is 2. The summed E-state index contributed by atoms with van der Waals surface area (Å²) < 4.78 is 26.5. The van der Waals surface area contributed by atoms with Gasteiger partial charge in [0.25, 0.3) is 5.56 Å². The van der Waals surface area contributed by atoms with Gasteiger partial charge >= 0.3 is 11.9 Å². The number of hydrogen-bond acceptors (Lipinski definition) is 7. The van der Waals surface area contributed by atoms with Crippen LogP contribution in [-0.2, 0) is 27.4 Å². The highest BCUT2D eigenvalue weighted by atomic mass is 32.1. The first-order chi connectivity index (χ1) is 15.0. The van der Waals surface area contributed by atoms with Crippen LogP contribution in [0.2, 0.25) is 0 Å². The second kappa shape index (κ2) is 8.65. The van der Waals surface area contributed by atoms with Crippen LogP contribution in [0.4, 0.5) is 4.39 Å². The average molecular weight is 440 g/mol. The summed E-state index contributed by atoms with van der Waals surface area (Å²) in [5.74, 6) is -1.85. The number of ether oxygens (including phenoxy) is 2. The summed E-state index contributed by atoms with van der Waals surface area (Å²) >= 11 is 1.07. The van der Waals surface area contributed by atoms with Crippen molar-refractivity contribution in [1.82, 2.24) is 9.55 Å². The van der Waals surface area contributed by atoms with E-state index in [-0.39, 0.29) is 41.1 Å². The number of hydrogen-bond donors (Lipinski definition) is 0. The van der Waals surface area contributed by atoms with Gasteiger partial charge in [0, 0.05) is 15.6 Å². The van der Waals surface area contributed by atoms with Crippen LogP contribution in [0.5, 0.6) is 0 Å². The molecule has 0 N–H and O–H groups in total. The maximum absolute atomic E-state index is 14.4. The molecule has 4 aromatic rings. The van der Waals surface area contributed by atoms with Crippen LogP contribution < -0.4 is 5.56 Å². The Morgan fingerprint density at radius 3 is 2.74 bits per heavy atom. The van der Waals surface area contributed by atoms with Gasteiger partial charge in [-0.25, -0.2) is 14.2 Å². The van der Waals surface area contributed by atoms with Crippen LogP contribution in [0.3, 0.4) is 0 Å². The third kappa shape index (κ3) is 4.04. The van der Waals surface area contributed by atoms with E-state index >= 15 is 0 Å². The van der Waals surface area contributed by atoms with Crippen LogP contribution in [0.25, 0.3) is 21.0 Å². The van der Waals surface area contributed by atoms with E-state index in [4.69, 9.17) is 9.47 Å². The molecule has 0 unspecified atom stereocenters. The Morgan fingerprint density at radius 1 is 1.13 bits per heavy atom. The number of fused-ring (bicyclic) bond motifs is 2. The van der Waals surface area contributed by atoms with E-state index in [1.807, 2.05) is 0 Å². The zero-order valence-electron chi connectivity index (χ0n) is 16.5. The van der Waals surface area contributed by atoms with Gasteiger partial charge in [-0.2, -0.15) is 0 Å². The third-order valence-corrected chi connectivity index (χ3v) is 5.81. The number of halogens is 1. The van der Waals surface area contributed by atoms with Gasteiger partial charge in [-0.15, -0.1) is 11.3 Å². The minimum Gasteiger partial charge on any atom is -0.462 e. The second-order valence-electron chi connectivity index (χ2n) is 6.60. The molecule has 0 spiro atoms. The number of para-hydroxylation sites is 1. The van der Waals surface area contributed by atoms with Gasteiger partial charge in [0.05, 0.1) is 23.8 Å². The third-order valence-electron chi connectivity index (χ3n) is 4.63. The van der Waals surface area contributed by atoms with Gasteiger partial charge < -0.3 is 9.47 Å². The van der Waals surface area contributed by atoms with Crippen molar-refractivity contribution < 1.29 is 23.5 Å². The molecule has 4 rings (SSSR count). The van der Waals surface area contributed by atoms with Crippen LogP contribution in [0, 0.1) is 5.82 Å². The van der Waals surface area contributed by atoms with E-state index in [9.17, 15) is 18.8 Å². The predicted molar refractivity (Wildman–Crippen MR) is 114 cm³/mol. The molecule has 9 heteroatoms. The molecular weight excluding hydrogens is 423 g/mol. The molecule has 0 fully saturated rings. The molecule has 2 heterocycles. The second-order valence-corrected chi connectivity index (χ2v) is 7.65. The highest BCUT2D eigenvalue weighted by Crippen LogP contribution is 2.34. The van der Waals surface area contributed by atoms with Crippen molar-refractivity contribution in [2.24, 2.45) is 0 Å². The summed E-state index contributed by atoms with van der Waals surface area (Å²) in [5.41, 5.74) is 0.395.